The first kappa shape index (κ1) is 13.5. The van der Waals surface area contributed by atoms with E-state index >= 15 is 0 Å². The van der Waals surface area contributed by atoms with Crippen LogP contribution in [-0.4, -0.2) is 48.5 Å². The minimum atomic E-state index is -3.04. The maximum atomic E-state index is 12.2. The zero-order chi connectivity index (χ0) is 13.8. The van der Waals surface area contributed by atoms with Gasteiger partial charge in [0.1, 0.15) is 0 Å². The van der Waals surface area contributed by atoms with Crippen LogP contribution in [0, 0.1) is 23.7 Å². The van der Waals surface area contributed by atoms with Gasteiger partial charge in [-0.1, -0.05) is 15.9 Å². The number of carbonyl (C=O) groups is 2. The predicted octanol–water partition coefficient (Wildman–Crippen LogP) is 0.437. The second-order valence-corrected chi connectivity index (χ2v) is 8.63. The Hall–Kier alpha value is -0.430. The highest BCUT2D eigenvalue weighted by Gasteiger charge is 2.67. The number of hydrogen-bond donors (Lipinski definition) is 0. The van der Waals surface area contributed by atoms with Crippen molar-refractivity contribution in [3.05, 3.63) is 0 Å². The summed E-state index contributed by atoms with van der Waals surface area (Å²) in [5, 5.41) is 0.861. The molecule has 2 saturated heterocycles. The lowest BCUT2D eigenvalue weighted by atomic mass is 9.59. The summed E-state index contributed by atoms with van der Waals surface area (Å²) in [6, 6.07) is 0. The van der Waals surface area contributed by atoms with Gasteiger partial charge in [0.15, 0.2) is 9.84 Å². The van der Waals surface area contributed by atoms with E-state index in [1.165, 1.54) is 4.90 Å². The largest absolute Gasteiger partial charge is 0.282 e. The van der Waals surface area contributed by atoms with Gasteiger partial charge >= 0.3 is 0 Å². The fraction of sp³-hybridized carbons (Fsp3) is 0.833. The Morgan fingerprint density at radius 2 is 1.58 bits per heavy atom. The second kappa shape index (κ2) is 4.55. The molecule has 1 aliphatic carbocycles. The van der Waals surface area contributed by atoms with Crippen LogP contribution in [0.15, 0.2) is 0 Å². The van der Waals surface area contributed by atoms with Crippen LogP contribution in [0.3, 0.4) is 0 Å². The number of alkyl halides is 1. The van der Waals surface area contributed by atoms with Crippen molar-refractivity contribution in [3.63, 3.8) is 0 Å². The number of hydrogen-bond acceptors (Lipinski definition) is 4. The van der Waals surface area contributed by atoms with Crippen LogP contribution in [0.4, 0.5) is 0 Å². The molecular weight excluding hydrogens is 334 g/mol. The third-order valence-electron chi connectivity index (χ3n) is 4.62. The van der Waals surface area contributed by atoms with E-state index in [2.05, 4.69) is 15.9 Å². The maximum absolute atomic E-state index is 12.2. The molecule has 2 amide bonds. The lowest BCUT2D eigenvalue weighted by molar-refractivity contribution is -0.139. The van der Waals surface area contributed by atoms with E-state index in [9.17, 15) is 18.0 Å². The standard InChI is InChI=1S/C12H16BrNO4S/c13-3-1-2-4-14-11(15)9-7-5-19(17,18)6-8(7)10(9)12(14)16/h7-10H,1-6H2. The van der Waals surface area contributed by atoms with Crippen LogP contribution in [0.1, 0.15) is 12.8 Å². The van der Waals surface area contributed by atoms with Crippen molar-refractivity contribution in [2.45, 2.75) is 12.8 Å². The first-order valence-electron chi connectivity index (χ1n) is 6.58. The predicted molar refractivity (Wildman–Crippen MR) is 72.4 cm³/mol. The highest BCUT2D eigenvalue weighted by Crippen LogP contribution is 2.55. The summed E-state index contributed by atoms with van der Waals surface area (Å²) in [5.41, 5.74) is 0. The smallest absolute Gasteiger partial charge is 0.233 e. The van der Waals surface area contributed by atoms with Crippen LogP contribution in [0.2, 0.25) is 0 Å². The molecule has 2 aliphatic heterocycles. The third kappa shape index (κ3) is 1.96. The highest BCUT2D eigenvalue weighted by molar-refractivity contribution is 9.09. The minimum absolute atomic E-state index is 0.0904. The van der Waals surface area contributed by atoms with E-state index in [1.807, 2.05) is 0 Å². The van der Waals surface area contributed by atoms with Gasteiger partial charge in [0.05, 0.1) is 23.3 Å². The van der Waals surface area contributed by atoms with E-state index < -0.39 is 9.84 Å². The van der Waals surface area contributed by atoms with Gasteiger partial charge in [-0.2, -0.15) is 0 Å². The van der Waals surface area contributed by atoms with Crippen molar-refractivity contribution in [2.75, 3.05) is 23.4 Å². The number of rotatable bonds is 4. The van der Waals surface area contributed by atoms with Crippen LogP contribution >= 0.6 is 15.9 Å². The number of imide groups is 1. The minimum Gasteiger partial charge on any atom is -0.282 e. The van der Waals surface area contributed by atoms with Gasteiger partial charge in [-0.05, 0) is 24.7 Å². The molecule has 3 rings (SSSR count). The molecule has 7 heteroatoms. The summed E-state index contributed by atoms with van der Waals surface area (Å²) in [5.74, 6) is -0.996. The van der Waals surface area contributed by atoms with Crippen molar-refractivity contribution in [2.24, 2.45) is 23.7 Å². The molecule has 0 radical (unpaired) electrons. The molecule has 0 bridgehead atoms. The lowest BCUT2D eigenvalue weighted by Crippen LogP contribution is -2.47. The molecule has 106 valence electrons. The number of halogens is 1. The molecular formula is C12H16BrNO4S. The van der Waals surface area contributed by atoms with E-state index in [0.29, 0.717) is 6.54 Å². The van der Waals surface area contributed by atoms with Crippen LogP contribution < -0.4 is 0 Å². The molecule has 19 heavy (non-hydrogen) atoms. The number of unbranched alkanes of at least 4 members (excludes halogenated alkanes) is 1. The topological polar surface area (TPSA) is 71.5 Å². The zero-order valence-electron chi connectivity index (χ0n) is 10.4. The van der Waals surface area contributed by atoms with Gasteiger partial charge in [-0.15, -0.1) is 0 Å². The second-order valence-electron chi connectivity index (χ2n) is 5.68. The average Bonchev–Trinajstić information content (AvgIpc) is 2.70. The molecule has 4 unspecified atom stereocenters. The molecule has 4 atom stereocenters. The Labute approximate surface area is 120 Å². The van der Waals surface area contributed by atoms with E-state index in [-0.39, 0.29) is 47.0 Å². The van der Waals surface area contributed by atoms with Crippen molar-refractivity contribution in [3.8, 4) is 0 Å². The van der Waals surface area contributed by atoms with Gasteiger partial charge in [0.25, 0.3) is 0 Å². The number of fused-ring (bicyclic) bond motifs is 4. The van der Waals surface area contributed by atoms with Crippen LogP contribution in [-0.2, 0) is 19.4 Å². The van der Waals surface area contributed by atoms with Gasteiger partial charge in [0.2, 0.25) is 11.8 Å². The number of amides is 2. The first-order valence-corrected chi connectivity index (χ1v) is 9.52. The maximum Gasteiger partial charge on any atom is 0.233 e. The van der Waals surface area contributed by atoms with Crippen LogP contribution in [0.5, 0.6) is 0 Å². The highest BCUT2D eigenvalue weighted by atomic mass is 79.9. The normalized spacial score (nSPS) is 39.1. The summed E-state index contributed by atoms with van der Waals surface area (Å²) in [4.78, 5) is 25.8. The lowest BCUT2D eigenvalue weighted by Gasteiger charge is -2.39. The van der Waals surface area contributed by atoms with Gasteiger partial charge in [-0.3, -0.25) is 14.5 Å². The average molecular weight is 350 g/mol. The van der Waals surface area contributed by atoms with Crippen molar-refractivity contribution >= 4 is 37.6 Å². The molecule has 0 N–H and O–H groups in total. The SMILES string of the molecule is O=C1C2C3CS(=O)(=O)CC3C2C(=O)N1CCCCBr. The summed E-state index contributed by atoms with van der Waals surface area (Å²) in [7, 11) is -3.04. The van der Waals surface area contributed by atoms with Crippen LogP contribution in [0.25, 0.3) is 0 Å². The van der Waals surface area contributed by atoms with Crippen molar-refractivity contribution in [1.82, 2.24) is 4.90 Å². The van der Waals surface area contributed by atoms with Gasteiger partial charge in [-0.25, -0.2) is 8.42 Å². The fourth-order valence-corrected chi connectivity index (χ4v) is 6.37. The molecule has 3 aliphatic rings. The first-order chi connectivity index (χ1) is 8.96. The quantitative estimate of drug-likeness (QED) is 0.419. The third-order valence-corrected chi connectivity index (χ3v) is 6.97. The zero-order valence-corrected chi connectivity index (χ0v) is 12.8. The van der Waals surface area contributed by atoms with Gasteiger partial charge in [0, 0.05) is 11.9 Å². The Bertz CT molecular complexity index is 496. The summed E-state index contributed by atoms with van der Waals surface area (Å²) >= 11 is 3.32. The molecule has 0 aromatic rings. The molecule has 1 saturated carbocycles. The monoisotopic (exact) mass is 349 g/mol. The number of sulfone groups is 1. The molecule has 0 aromatic heterocycles. The van der Waals surface area contributed by atoms with Gasteiger partial charge < -0.3 is 0 Å². The van der Waals surface area contributed by atoms with E-state index in [0.717, 1.165) is 18.2 Å². The van der Waals surface area contributed by atoms with Crippen molar-refractivity contribution in [1.29, 1.82) is 0 Å². The molecule has 2 heterocycles. The van der Waals surface area contributed by atoms with E-state index in [1.54, 1.807) is 0 Å². The number of nitrogens with zero attached hydrogens (tertiary/aromatic N) is 1. The summed E-state index contributed by atoms with van der Waals surface area (Å²) in [6.45, 7) is 0.475. The fourth-order valence-electron chi connectivity index (χ4n) is 3.76. The summed E-state index contributed by atoms with van der Waals surface area (Å²) in [6.07, 6.45) is 1.73. The Balaban J connectivity index is 1.73. The Morgan fingerprint density at radius 1 is 1.05 bits per heavy atom. The van der Waals surface area contributed by atoms with Crippen molar-refractivity contribution < 1.29 is 18.0 Å². The molecule has 5 nitrogen and oxygen atoms in total. The molecule has 0 aromatic carbocycles. The Morgan fingerprint density at radius 3 is 2.05 bits per heavy atom. The molecule has 0 spiro atoms. The van der Waals surface area contributed by atoms with E-state index in [4.69, 9.17) is 0 Å². The molecule has 3 fully saturated rings. The summed E-state index contributed by atoms with van der Waals surface area (Å²) < 4.78 is 23.2. The number of likely N-dealkylation sites (tertiary alicyclic amines) is 1. The Kier molecular flexibility index (Phi) is 3.24. The number of carbonyl (C=O) groups excluding carboxylic acids is 2.